The molecule has 124 valence electrons. The van der Waals surface area contributed by atoms with Gasteiger partial charge in [0.1, 0.15) is 5.01 Å². The number of nitrogens with zero attached hydrogens (tertiary/aromatic N) is 3. The van der Waals surface area contributed by atoms with Gasteiger partial charge in [0.25, 0.3) is 0 Å². The largest absolute Gasteiger partial charge is 0.395 e. The lowest BCUT2D eigenvalue weighted by molar-refractivity contribution is 0.304. The van der Waals surface area contributed by atoms with Crippen molar-refractivity contribution in [2.45, 2.75) is 6.54 Å². The Bertz CT molecular complexity index is 758. The van der Waals surface area contributed by atoms with Crippen LogP contribution < -0.4 is 10.2 Å². The predicted molar refractivity (Wildman–Crippen MR) is 99.5 cm³/mol. The van der Waals surface area contributed by atoms with Crippen LogP contribution in [0, 0.1) is 0 Å². The number of aliphatic hydroxyl groups excluding tert-OH is 1. The zero-order valence-corrected chi connectivity index (χ0v) is 14.3. The van der Waals surface area contributed by atoms with Gasteiger partial charge in [-0.2, -0.15) is 0 Å². The molecule has 5 nitrogen and oxygen atoms in total. The minimum absolute atomic E-state index is 0.153. The van der Waals surface area contributed by atoms with Gasteiger partial charge in [0.05, 0.1) is 18.8 Å². The van der Waals surface area contributed by atoms with Gasteiger partial charge in [0, 0.05) is 42.2 Å². The number of aromatic nitrogens is 2. The standard InChI is InChI=1S/C18H20N4OS/c1-22(10-11-23)15-7-5-14(6-8-15)20-12-16-13-21-18(24-16)17-4-2-3-9-19-17/h2-9,13,20,23H,10-12H2,1H3. The van der Waals surface area contributed by atoms with E-state index in [4.69, 9.17) is 5.11 Å². The normalized spacial score (nSPS) is 10.6. The Kier molecular flexibility index (Phi) is 5.40. The van der Waals surface area contributed by atoms with E-state index >= 15 is 0 Å². The van der Waals surface area contributed by atoms with Gasteiger partial charge in [-0.15, -0.1) is 11.3 Å². The average Bonchev–Trinajstić information content (AvgIpc) is 3.10. The molecule has 2 N–H and O–H groups in total. The quantitative estimate of drug-likeness (QED) is 0.691. The first kappa shape index (κ1) is 16.4. The zero-order chi connectivity index (χ0) is 16.8. The van der Waals surface area contributed by atoms with Crippen molar-refractivity contribution in [2.75, 3.05) is 30.4 Å². The Labute approximate surface area is 145 Å². The third kappa shape index (κ3) is 4.10. The number of pyridine rings is 1. The molecular weight excluding hydrogens is 320 g/mol. The molecule has 0 saturated heterocycles. The molecule has 0 radical (unpaired) electrons. The molecule has 1 aromatic carbocycles. The second-order valence-corrected chi connectivity index (χ2v) is 6.51. The van der Waals surface area contributed by atoms with E-state index in [2.05, 4.69) is 15.3 Å². The van der Waals surface area contributed by atoms with Crippen molar-refractivity contribution in [3.05, 3.63) is 59.7 Å². The highest BCUT2D eigenvalue weighted by Crippen LogP contribution is 2.24. The van der Waals surface area contributed by atoms with Crippen LogP contribution in [0.2, 0.25) is 0 Å². The van der Waals surface area contributed by atoms with Gasteiger partial charge in [-0.25, -0.2) is 4.98 Å². The van der Waals surface area contributed by atoms with Gasteiger partial charge in [-0.1, -0.05) is 6.07 Å². The average molecular weight is 340 g/mol. The molecule has 24 heavy (non-hydrogen) atoms. The maximum Gasteiger partial charge on any atom is 0.142 e. The summed E-state index contributed by atoms with van der Waals surface area (Å²) >= 11 is 1.65. The maximum atomic E-state index is 8.98. The van der Waals surface area contributed by atoms with E-state index in [1.165, 1.54) is 0 Å². The molecule has 2 heterocycles. The number of nitrogens with one attached hydrogen (secondary N) is 1. The van der Waals surface area contributed by atoms with E-state index in [9.17, 15) is 0 Å². The van der Waals surface area contributed by atoms with E-state index < -0.39 is 0 Å². The van der Waals surface area contributed by atoms with Crippen molar-refractivity contribution in [2.24, 2.45) is 0 Å². The zero-order valence-electron chi connectivity index (χ0n) is 13.5. The van der Waals surface area contributed by atoms with E-state index in [-0.39, 0.29) is 6.61 Å². The summed E-state index contributed by atoms with van der Waals surface area (Å²) in [6.07, 6.45) is 3.68. The first-order valence-corrected chi connectivity index (χ1v) is 8.60. The summed E-state index contributed by atoms with van der Waals surface area (Å²) in [6, 6.07) is 14.0. The molecule has 0 aliphatic rings. The maximum absolute atomic E-state index is 8.98. The molecule has 0 atom stereocenters. The fourth-order valence-corrected chi connectivity index (χ4v) is 3.13. The molecule has 0 saturated carbocycles. The molecule has 0 unspecified atom stereocenters. The summed E-state index contributed by atoms with van der Waals surface area (Å²) in [5.74, 6) is 0. The summed E-state index contributed by atoms with van der Waals surface area (Å²) in [4.78, 5) is 12.0. The molecule has 0 amide bonds. The molecule has 0 aliphatic carbocycles. The summed E-state index contributed by atoms with van der Waals surface area (Å²) < 4.78 is 0. The molecule has 3 aromatic rings. The van der Waals surface area contributed by atoms with Crippen LogP contribution in [0.4, 0.5) is 11.4 Å². The Balaban J connectivity index is 1.59. The Morgan fingerprint density at radius 2 is 1.96 bits per heavy atom. The van der Waals surface area contributed by atoms with Crippen molar-refractivity contribution < 1.29 is 5.11 Å². The fourth-order valence-electron chi connectivity index (χ4n) is 2.30. The second kappa shape index (κ2) is 7.90. The van der Waals surface area contributed by atoms with Crippen LogP contribution in [0.25, 0.3) is 10.7 Å². The summed E-state index contributed by atoms with van der Waals surface area (Å²) in [5.41, 5.74) is 3.05. The van der Waals surface area contributed by atoms with Crippen LogP contribution in [0.15, 0.2) is 54.9 Å². The lowest BCUT2D eigenvalue weighted by Gasteiger charge is -2.18. The minimum Gasteiger partial charge on any atom is -0.395 e. The number of benzene rings is 1. The highest BCUT2D eigenvalue weighted by Gasteiger charge is 2.05. The first-order chi connectivity index (χ1) is 11.8. The number of thiazole rings is 1. The third-order valence-electron chi connectivity index (χ3n) is 3.65. The SMILES string of the molecule is CN(CCO)c1ccc(NCc2cnc(-c3ccccn3)s2)cc1. The number of rotatable bonds is 7. The van der Waals surface area contributed by atoms with Gasteiger partial charge < -0.3 is 15.3 Å². The van der Waals surface area contributed by atoms with Crippen molar-refractivity contribution >= 4 is 22.7 Å². The Hall–Kier alpha value is -2.44. The summed E-state index contributed by atoms with van der Waals surface area (Å²) in [6.45, 7) is 1.51. The number of hydrogen-bond acceptors (Lipinski definition) is 6. The van der Waals surface area contributed by atoms with E-state index in [0.717, 1.165) is 33.5 Å². The van der Waals surface area contributed by atoms with Crippen molar-refractivity contribution in [1.29, 1.82) is 0 Å². The number of likely N-dealkylation sites (N-methyl/N-ethyl adjacent to an activating group) is 1. The molecule has 3 rings (SSSR count). The summed E-state index contributed by atoms with van der Waals surface area (Å²) in [7, 11) is 1.97. The molecule has 0 spiro atoms. The Morgan fingerprint density at radius 1 is 1.12 bits per heavy atom. The summed E-state index contributed by atoms with van der Waals surface area (Å²) in [5, 5.41) is 13.3. The van der Waals surface area contributed by atoms with Crippen LogP contribution in [-0.4, -0.2) is 35.3 Å². The van der Waals surface area contributed by atoms with Gasteiger partial charge in [-0.05, 0) is 36.4 Å². The highest BCUT2D eigenvalue weighted by atomic mass is 32.1. The van der Waals surface area contributed by atoms with Crippen molar-refractivity contribution in [1.82, 2.24) is 9.97 Å². The van der Waals surface area contributed by atoms with Crippen LogP contribution >= 0.6 is 11.3 Å². The lowest BCUT2D eigenvalue weighted by atomic mass is 10.2. The molecule has 0 bridgehead atoms. The van der Waals surface area contributed by atoms with Crippen LogP contribution in [0.3, 0.4) is 0 Å². The fraction of sp³-hybridized carbons (Fsp3) is 0.222. The van der Waals surface area contributed by atoms with Crippen molar-refractivity contribution in [3.8, 4) is 10.7 Å². The molecule has 0 fully saturated rings. The lowest BCUT2D eigenvalue weighted by Crippen LogP contribution is -2.20. The number of hydrogen-bond donors (Lipinski definition) is 2. The molecule has 6 heteroatoms. The van der Waals surface area contributed by atoms with E-state index in [0.29, 0.717) is 6.54 Å². The molecule has 2 aromatic heterocycles. The molecular formula is C18H20N4OS. The third-order valence-corrected chi connectivity index (χ3v) is 4.67. The van der Waals surface area contributed by atoms with E-state index in [1.54, 1.807) is 17.5 Å². The van der Waals surface area contributed by atoms with Gasteiger partial charge in [0.2, 0.25) is 0 Å². The predicted octanol–water partition coefficient (Wildman–Crippen LogP) is 3.25. The van der Waals surface area contributed by atoms with E-state index in [1.807, 2.05) is 60.6 Å². The monoisotopic (exact) mass is 340 g/mol. The molecule has 0 aliphatic heterocycles. The van der Waals surface area contributed by atoms with Crippen molar-refractivity contribution in [3.63, 3.8) is 0 Å². The first-order valence-electron chi connectivity index (χ1n) is 7.78. The number of anilines is 2. The second-order valence-electron chi connectivity index (χ2n) is 5.39. The minimum atomic E-state index is 0.153. The number of aliphatic hydroxyl groups is 1. The topological polar surface area (TPSA) is 61.3 Å². The Morgan fingerprint density at radius 3 is 2.67 bits per heavy atom. The highest BCUT2D eigenvalue weighted by molar-refractivity contribution is 7.15. The van der Waals surface area contributed by atoms with Gasteiger partial charge in [-0.3, -0.25) is 4.98 Å². The van der Waals surface area contributed by atoms with Crippen LogP contribution in [0.5, 0.6) is 0 Å². The van der Waals surface area contributed by atoms with Gasteiger partial charge >= 0.3 is 0 Å². The van der Waals surface area contributed by atoms with Crippen LogP contribution in [-0.2, 0) is 6.54 Å². The smallest absolute Gasteiger partial charge is 0.142 e. The van der Waals surface area contributed by atoms with Gasteiger partial charge in [0.15, 0.2) is 0 Å². The van der Waals surface area contributed by atoms with Crippen LogP contribution in [0.1, 0.15) is 4.88 Å².